The SMILES string of the molecule is CC(Oc1ccc(O)cc1)C(=O)O.[H-].[H-].[Na+].[Na+]. The van der Waals surface area contributed by atoms with Crippen LogP contribution in [0.4, 0.5) is 0 Å². The van der Waals surface area contributed by atoms with E-state index in [1.165, 1.54) is 31.2 Å². The Labute approximate surface area is 135 Å². The van der Waals surface area contributed by atoms with Crippen LogP contribution < -0.4 is 63.9 Å². The molecular weight excluding hydrogens is 218 g/mol. The molecule has 4 nitrogen and oxygen atoms in total. The van der Waals surface area contributed by atoms with Gasteiger partial charge in [-0.2, -0.15) is 0 Å². The average Bonchev–Trinajstić information content (AvgIpc) is 2.08. The Balaban J connectivity index is -0.000000211. The van der Waals surface area contributed by atoms with Crippen LogP contribution in [0.15, 0.2) is 24.3 Å². The molecule has 0 aliphatic carbocycles. The monoisotopic (exact) mass is 230 g/mol. The number of hydrogen-bond donors (Lipinski definition) is 2. The van der Waals surface area contributed by atoms with Crippen molar-refractivity contribution in [3.05, 3.63) is 24.3 Å². The van der Waals surface area contributed by atoms with E-state index in [9.17, 15) is 4.79 Å². The number of carboxylic acid groups (broad SMARTS) is 1. The summed E-state index contributed by atoms with van der Waals surface area (Å²) in [4.78, 5) is 10.4. The van der Waals surface area contributed by atoms with Crippen LogP contribution in [0.3, 0.4) is 0 Å². The van der Waals surface area contributed by atoms with Crippen LogP contribution in [0.25, 0.3) is 0 Å². The summed E-state index contributed by atoms with van der Waals surface area (Å²) < 4.78 is 5.02. The molecule has 0 fully saturated rings. The molecule has 1 rings (SSSR count). The molecule has 1 atom stereocenters. The van der Waals surface area contributed by atoms with Crippen LogP contribution in [0.2, 0.25) is 0 Å². The molecule has 15 heavy (non-hydrogen) atoms. The fourth-order valence-electron chi connectivity index (χ4n) is 0.779. The quantitative estimate of drug-likeness (QED) is 0.513. The van der Waals surface area contributed by atoms with Crippen molar-refractivity contribution in [1.82, 2.24) is 0 Å². The number of benzene rings is 1. The third-order valence-corrected chi connectivity index (χ3v) is 1.50. The maximum absolute atomic E-state index is 10.4. The minimum atomic E-state index is -1.02. The van der Waals surface area contributed by atoms with Gasteiger partial charge in [0.2, 0.25) is 0 Å². The molecule has 1 aromatic rings. The Morgan fingerprint density at radius 3 is 2.20 bits per heavy atom. The molecule has 0 aliphatic heterocycles. The Morgan fingerprint density at radius 1 is 1.33 bits per heavy atom. The minimum Gasteiger partial charge on any atom is -1.00 e. The zero-order valence-electron chi connectivity index (χ0n) is 11.1. The molecule has 0 spiro atoms. The van der Waals surface area contributed by atoms with Crippen molar-refractivity contribution in [3.8, 4) is 11.5 Å². The summed E-state index contributed by atoms with van der Waals surface area (Å²) in [5, 5.41) is 17.5. The van der Waals surface area contributed by atoms with E-state index in [1.54, 1.807) is 0 Å². The van der Waals surface area contributed by atoms with Gasteiger partial charge < -0.3 is 17.8 Å². The number of hydrogen-bond acceptors (Lipinski definition) is 3. The topological polar surface area (TPSA) is 66.8 Å². The average molecular weight is 230 g/mol. The van der Waals surface area contributed by atoms with Gasteiger partial charge in [-0.3, -0.25) is 0 Å². The predicted octanol–water partition coefficient (Wildman–Crippen LogP) is -4.52. The van der Waals surface area contributed by atoms with Gasteiger partial charge in [0.05, 0.1) is 0 Å². The minimum absolute atomic E-state index is 0. The number of phenols is 1. The summed E-state index contributed by atoms with van der Waals surface area (Å²) in [6, 6.07) is 5.89. The Morgan fingerprint density at radius 2 is 1.80 bits per heavy atom. The standard InChI is InChI=1S/C9H10O4.2Na.2H/c1-6(9(11)12)13-8-4-2-7(10)3-5-8;;;;/h2-6,10H,1H3,(H,11,12);;;;/q;2*+1;2*-1. The number of carboxylic acids is 1. The molecule has 6 heteroatoms. The summed E-state index contributed by atoms with van der Waals surface area (Å²) in [7, 11) is 0. The number of rotatable bonds is 3. The molecule has 0 saturated carbocycles. The smallest absolute Gasteiger partial charge is 1.00 e. The van der Waals surface area contributed by atoms with E-state index < -0.39 is 12.1 Å². The van der Waals surface area contributed by atoms with E-state index in [1.807, 2.05) is 0 Å². The van der Waals surface area contributed by atoms with Crippen molar-refractivity contribution in [2.24, 2.45) is 0 Å². The van der Waals surface area contributed by atoms with Crippen LogP contribution in [-0.2, 0) is 4.79 Å². The molecule has 1 unspecified atom stereocenters. The van der Waals surface area contributed by atoms with E-state index in [4.69, 9.17) is 14.9 Å². The van der Waals surface area contributed by atoms with Crippen molar-refractivity contribution in [2.45, 2.75) is 13.0 Å². The van der Waals surface area contributed by atoms with Crippen molar-refractivity contribution in [1.29, 1.82) is 0 Å². The molecule has 0 radical (unpaired) electrons. The molecule has 1 aromatic carbocycles. The molecule has 0 aliphatic rings. The molecule has 0 heterocycles. The largest absolute Gasteiger partial charge is 1.00 e. The normalized spacial score (nSPS) is 10.5. The Bertz CT molecular complexity index is 308. The van der Waals surface area contributed by atoms with Crippen LogP contribution >= 0.6 is 0 Å². The maximum atomic E-state index is 10.4. The number of aromatic hydroxyl groups is 1. The van der Waals surface area contributed by atoms with Crippen molar-refractivity contribution in [2.75, 3.05) is 0 Å². The Kier molecular flexibility index (Phi) is 9.95. The van der Waals surface area contributed by atoms with E-state index >= 15 is 0 Å². The van der Waals surface area contributed by atoms with Crippen LogP contribution in [-0.4, -0.2) is 22.3 Å². The molecule has 0 aromatic heterocycles. The number of phenolic OH excluding ortho intramolecular Hbond substituents is 1. The van der Waals surface area contributed by atoms with Gasteiger partial charge in [-0.15, -0.1) is 0 Å². The summed E-state index contributed by atoms with van der Waals surface area (Å²) in [6.07, 6.45) is -0.885. The van der Waals surface area contributed by atoms with Crippen LogP contribution in [0, 0.1) is 0 Å². The van der Waals surface area contributed by atoms with Gasteiger partial charge in [0.1, 0.15) is 11.5 Å². The van der Waals surface area contributed by atoms with Crippen molar-refractivity contribution < 1.29 is 81.7 Å². The second kappa shape index (κ2) is 8.44. The molecule has 74 valence electrons. The van der Waals surface area contributed by atoms with Crippen LogP contribution in [0.5, 0.6) is 11.5 Å². The predicted molar refractivity (Wildman–Crippen MR) is 48.1 cm³/mol. The Hall–Kier alpha value is 0.290. The van der Waals surface area contributed by atoms with Gasteiger partial charge in [0.15, 0.2) is 6.10 Å². The summed E-state index contributed by atoms with van der Waals surface area (Å²) in [5.74, 6) is -0.476. The molecule has 0 bridgehead atoms. The third kappa shape index (κ3) is 6.45. The summed E-state index contributed by atoms with van der Waals surface area (Å²) in [5.41, 5.74) is 0. The first-order valence-electron chi connectivity index (χ1n) is 3.78. The van der Waals surface area contributed by atoms with Gasteiger partial charge >= 0.3 is 65.1 Å². The van der Waals surface area contributed by atoms with Gasteiger partial charge in [-0.05, 0) is 31.2 Å². The van der Waals surface area contributed by atoms with Gasteiger partial charge in [-0.25, -0.2) is 4.79 Å². The fraction of sp³-hybridized carbons (Fsp3) is 0.222. The number of ether oxygens (including phenoxy) is 1. The second-order valence-corrected chi connectivity index (χ2v) is 2.59. The van der Waals surface area contributed by atoms with E-state index in [-0.39, 0.29) is 67.7 Å². The van der Waals surface area contributed by atoms with Gasteiger partial charge in [-0.1, -0.05) is 0 Å². The van der Waals surface area contributed by atoms with Crippen molar-refractivity contribution >= 4 is 5.97 Å². The number of carbonyl (C=O) groups is 1. The summed E-state index contributed by atoms with van der Waals surface area (Å²) >= 11 is 0. The van der Waals surface area contributed by atoms with E-state index in [0.717, 1.165) is 0 Å². The molecular formula is C9H12Na2O4. The van der Waals surface area contributed by atoms with Crippen LogP contribution in [0.1, 0.15) is 9.78 Å². The first-order chi connectivity index (χ1) is 6.09. The van der Waals surface area contributed by atoms with E-state index in [0.29, 0.717) is 5.75 Å². The molecule has 0 amide bonds. The number of aliphatic carboxylic acids is 1. The first kappa shape index (κ1) is 17.7. The van der Waals surface area contributed by atoms with Gasteiger partial charge in [0.25, 0.3) is 0 Å². The molecule has 2 N–H and O–H groups in total. The third-order valence-electron chi connectivity index (χ3n) is 1.50. The van der Waals surface area contributed by atoms with Gasteiger partial charge in [0, 0.05) is 0 Å². The zero-order valence-corrected chi connectivity index (χ0v) is 13.1. The van der Waals surface area contributed by atoms with E-state index in [2.05, 4.69) is 0 Å². The maximum Gasteiger partial charge on any atom is 1.00 e. The second-order valence-electron chi connectivity index (χ2n) is 2.59. The first-order valence-corrected chi connectivity index (χ1v) is 3.78. The molecule has 0 saturated heterocycles. The fourth-order valence-corrected chi connectivity index (χ4v) is 0.779. The summed E-state index contributed by atoms with van der Waals surface area (Å²) in [6.45, 7) is 1.44. The van der Waals surface area contributed by atoms with Crippen molar-refractivity contribution in [3.63, 3.8) is 0 Å². The zero-order chi connectivity index (χ0) is 9.84.